The molecule has 3 nitrogen and oxygen atoms in total. The van der Waals surface area contributed by atoms with Crippen molar-refractivity contribution in [3.8, 4) is 5.75 Å². The lowest BCUT2D eigenvalue weighted by Gasteiger charge is -2.10. The number of cyclic esters (lactones) is 1. The molecular formula is C11H11BrO3S. The van der Waals surface area contributed by atoms with Crippen LogP contribution in [0, 0.1) is 0 Å². The van der Waals surface area contributed by atoms with Crippen LogP contribution in [0.15, 0.2) is 27.6 Å². The fourth-order valence-electron chi connectivity index (χ4n) is 1.48. The highest BCUT2D eigenvalue weighted by Crippen LogP contribution is 2.37. The van der Waals surface area contributed by atoms with Crippen molar-refractivity contribution in [3.05, 3.63) is 22.7 Å². The molecule has 0 aromatic heterocycles. The van der Waals surface area contributed by atoms with Gasteiger partial charge in [-0.3, -0.25) is 4.79 Å². The normalized spacial score (nSPS) is 19.6. The molecule has 0 saturated carbocycles. The van der Waals surface area contributed by atoms with Crippen molar-refractivity contribution >= 4 is 33.7 Å². The molecule has 0 aliphatic carbocycles. The summed E-state index contributed by atoms with van der Waals surface area (Å²) in [6, 6.07) is 5.75. The van der Waals surface area contributed by atoms with E-state index in [4.69, 9.17) is 9.47 Å². The van der Waals surface area contributed by atoms with Gasteiger partial charge in [-0.25, -0.2) is 0 Å². The van der Waals surface area contributed by atoms with Crippen molar-refractivity contribution in [2.24, 2.45) is 0 Å². The van der Waals surface area contributed by atoms with Gasteiger partial charge in [0, 0.05) is 10.9 Å². The number of benzene rings is 1. The Labute approximate surface area is 107 Å². The second-order valence-electron chi connectivity index (χ2n) is 3.36. The van der Waals surface area contributed by atoms with E-state index < -0.39 is 0 Å². The molecule has 0 bridgehead atoms. The summed E-state index contributed by atoms with van der Waals surface area (Å²) < 4.78 is 11.2. The number of esters is 1. The number of ether oxygens (including phenoxy) is 2. The van der Waals surface area contributed by atoms with Gasteiger partial charge in [-0.1, -0.05) is 15.9 Å². The molecule has 1 aliphatic rings. The fraction of sp³-hybridized carbons (Fsp3) is 0.364. The summed E-state index contributed by atoms with van der Waals surface area (Å²) in [6.07, 6.45) is 0.763. The standard InChI is InChI=1S/C11H11BrO3S/c1-14-8-3-2-7(12)6-10(8)16-9-4-5-15-11(9)13/h2-3,6,9H,4-5H2,1H3/t9-/m1/s1. The minimum Gasteiger partial charge on any atom is -0.496 e. The Hall–Kier alpha value is -0.680. The minimum absolute atomic E-state index is 0.108. The molecule has 2 rings (SSSR count). The van der Waals surface area contributed by atoms with Crippen molar-refractivity contribution < 1.29 is 14.3 Å². The number of carbonyl (C=O) groups excluding carboxylic acids is 1. The molecule has 86 valence electrons. The summed E-state index contributed by atoms with van der Waals surface area (Å²) in [5, 5.41) is -0.108. The number of rotatable bonds is 3. The Morgan fingerprint density at radius 3 is 3.00 bits per heavy atom. The zero-order valence-corrected chi connectivity index (χ0v) is 11.1. The maximum Gasteiger partial charge on any atom is 0.319 e. The van der Waals surface area contributed by atoms with Crippen LogP contribution in [0.1, 0.15) is 6.42 Å². The van der Waals surface area contributed by atoms with Gasteiger partial charge in [0.1, 0.15) is 11.0 Å². The molecular weight excluding hydrogens is 292 g/mol. The molecule has 16 heavy (non-hydrogen) atoms. The third-order valence-electron chi connectivity index (χ3n) is 2.28. The molecule has 0 radical (unpaired) electrons. The van der Waals surface area contributed by atoms with Gasteiger partial charge in [-0.15, -0.1) is 11.8 Å². The Kier molecular flexibility index (Phi) is 3.76. The monoisotopic (exact) mass is 302 g/mol. The van der Waals surface area contributed by atoms with E-state index in [1.54, 1.807) is 7.11 Å². The number of hydrogen-bond acceptors (Lipinski definition) is 4. The van der Waals surface area contributed by atoms with E-state index in [2.05, 4.69) is 15.9 Å². The summed E-state index contributed by atoms with van der Waals surface area (Å²) in [7, 11) is 1.63. The van der Waals surface area contributed by atoms with Crippen LogP contribution < -0.4 is 4.74 Å². The van der Waals surface area contributed by atoms with Crippen LogP contribution in [0.2, 0.25) is 0 Å². The quantitative estimate of drug-likeness (QED) is 0.804. The topological polar surface area (TPSA) is 35.5 Å². The first-order chi connectivity index (χ1) is 7.70. The summed E-state index contributed by atoms with van der Waals surface area (Å²) in [5.74, 6) is 0.653. The molecule has 0 spiro atoms. The van der Waals surface area contributed by atoms with Gasteiger partial charge < -0.3 is 9.47 Å². The van der Waals surface area contributed by atoms with Gasteiger partial charge >= 0.3 is 5.97 Å². The third kappa shape index (κ3) is 2.52. The maximum absolute atomic E-state index is 11.4. The number of thioether (sulfide) groups is 1. The van der Waals surface area contributed by atoms with Crippen LogP contribution in [-0.2, 0) is 9.53 Å². The number of carbonyl (C=O) groups is 1. The fourth-order valence-corrected chi connectivity index (χ4v) is 3.14. The number of halogens is 1. The Morgan fingerprint density at radius 1 is 1.56 bits per heavy atom. The van der Waals surface area contributed by atoms with Crippen molar-refractivity contribution in [1.29, 1.82) is 0 Å². The highest BCUT2D eigenvalue weighted by atomic mass is 79.9. The predicted octanol–water partition coefficient (Wildman–Crippen LogP) is 2.87. The van der Waals surface area contributed by atoms with E-state index in [9.17, 15) is 4.79 Å². The predicted molar refractivity (Wildman–Crippen MR) is 65.9 cm³/mol. The van der Waals surface area contributed by atoms with Crippen molar-refractivity contribution in [3.63, 3.8) is 0 Å². The molecule has 0 amide bonds. The highest BCUT2D eigenvalue weighted by Gasteiger charge is 2.28. The molecule has 1 aliphatic heterocycles. The van der Waals surface area contributed by atoms with E-state index in [-0.39, 0.29) is 11.2 Å². The summed E-state index contributed by atoms with van der Waals surface area (Å²) >= 11 is 4.90. The van der Waals surface area contributed by atoms with E-state index in [1.807, 2.05) is 18.2 Å². The lowest BCUT2D eigenvalue weighted by atomic mass is 10.3. The average molecular weight is 303 g/mol. The first kappa shape index (κ1) is 11.8. The second kappa shape index (κ2) is 5.10. The van der Waals surface area contributed by atoms with Crippen LogP contribution >= 0.6 is 27.7 Å². The Morgan fingerprint density at radius 2 is 2.38 bits per heavy atom. The third-order valence-corrected chi connectivity index (χ3v) is 4.06. The zero-order chi connectivity index (χ0) is 11.5. The first-order valence-electron chi connectivity index (χ1n) is 4.87. The Bertz CT molecular complexity index is 408. The van der Waals surface area contributed by atoms with Gasteiger partial charge in [0.2, 0.25) is 0 Å². The second-order valence-corrected chi connectivity index (χ2v) is 5.52. The largest absolute Gasteiger partial charge is 0.496 e. The summed E-state index contributed by atoms with van der Waals surface area (Å²) in [4.78, 5) is 12.3. The minimum atomic E-state index is -0.132. The van der Waals surface area contributed by atoms with Crippen LogP contribution in [0.5, 0.6) is 5.75 Å². The molecule has 1 heterocycles. The molecule has 5 heteroatoms. The van der Waals surface area contributed by atoms with E-state index in [0.29, 0.717) is 6.61 Å². The van der Waals surface area contributed by atoms with Gasteiger partial charge in [0.15, 0.2) is 0 Å². The number of hydrogen-bond donors (Lipinski definition) is 0. The maximum atomic E-state index is 11.4. The molecule has 1 aromatic carbocycles. The highest BCUT2D eigenvalue weighted by molar-refractivity contribution is 9.10. The molecule has 0 N–H and O–H groups in total. The molecule has 0 unspecified atom stereocenters. The zero-order valence-electron chi connectivity index (χ0n) is 8.73. The van der Waals surface area contributed by atoms with E-state index in [0.717, 1.165) is 21.5 Å². The van der Waals surface area contributed by atoms with E-state index >= 15 is 0 Å². The molecule has 1 aromatic rings. The number of methoxy groups -OCH3 is 1. The van der Waals surface area contributed by atoms with Gasteiger partial charge in [0.05, 0.1) is 18.6 Å². The first-order valence-corrected chi connectivity index (χ1v) is 6.55. The van der Waals surface area contributed by atoms with Crippen LogP contribution in [0.25, 0.3) is 0 Å². The van der Waals surface area contributed by atoms with Gasteiger partial charge in [0.25, 0.3) is 0 Å². The van der Waals surface area contributed by atoms with E-state index in [1.165, 1.54) is 11.8 Å². The van der Waals surface area contributed by atoms with Crippen molar-refractivity contribution in [2.45, 2.75) is 16.6 Å². The smallest absolute Gasteiger partial charge is 0.319 e. The van der Waals surface area contributed by atoms with Gasteiger partial charge in [-0.05, 0) is 18.2 Å². The van der Waals surface area contributed by atoms with Crippen LogP contribution in [0.4, 0.5) is 0 Å². The SMILES string of the molecule is COc1ccc(Br)cc1S[C@@H]1CCOC1=O. The van der Waals surface area contributed by atoms with Crippen LogP contribution in [0.3, 0.4) is 0 Å². The lowest BCUT2D eigenvalue weighted by molar-refractivity contribution is -0.137. The molecule has 1 saturated heterocycles. The van der Waals surface area contributed by atoms with Crippen LogP contribution in [-0.4, -0.2) is 24.9 Å². The van der Waals surface area contributed by atoms with Gasteiger partial charge in [-0.2, -0.15) is 0 Å². The molecule has 1 atom stereocenters. The van der Waals surface area contributed by atoms with Crippen molar-refractivity contribution in [2.75, 3.05) is 13.7 Å². The lowest BCUT2D eigenvalue weighted by Crippen LogP contribution is -2.09. The summed E-state index contributed by atoms with van der Waals surface area (Å²) in [5.41, 5.74) is 0. The average Bonchev–Trinajstić information content (AvgIpc) is 2.65. The Balaban J connectivity index is 2.19. The van der Waals surface area contributed by atoms with Crippen molar-refractivity contribution in [1.82, 2.24) is 0 Å². The summed E-state index contributed by atoms with van der Waals surface area (Å²) in [6.45, 7) is 0.521. The molecule has 1 fully saturated rings.